The Bertz CT molecular complexity index is 933. The molecule has 0 aliphatic heterocycles. The molecule has 4 aliphatic carbocycles. The lowest BCUT2D eigenvalue weighted by Crippen LogP contribution is -2.51. The predicted molar refractivity (Wildman–Crippen MR) is 103 cm³/mol. The molecule has 0 radical (unpaired) electrons. The van der Waals surface area contributed by atoms with Crippen LogP contribution in [-0.4, -0.2) is 22.2 Å². The van der Waals surface area contributed by atoms with Gasteiger partial charge in [-0.05, 0) is 79.9 Å². The summed E-state index contributed by atoms with van der Waals surface area (Å²) in [5.41, 5.74) is -1.14. The minimum absolute atomic E-state index is 0.0829. The Kier molecular flexibility index (Phi) is 5.09. The van der Waals surface area contributed by atoms with E-state index < -0.39 is 24.2 Å². The molecule has 4 aliphatic rings. The van der Waals surface area contributed by atoms with Crippen molar-refractivity contribution in [2.24, 2.45) is 23.2 Å². The van der Waals surface area contributed by atoms with Crippen molar-refractivity contribution >= 4 is 5.91 Å². The summed E-state index contributed by atoms with van der Waals surface area (Å²) in [5.74, 6) is 2.30. The van der Waals surface area contributed by atoms with Gasteiger partial charge < -0.3 is 9.73 Å². The maximum absolute atomic E-state index is 13.1. The molecule has 168 valence electrons. The first kappa shape index (κ1) is 20.6. The van der Waals surface area contributed by atoms with Crippen LogP contribution in [0.4, 0.5) is 17.6 Å². The van der Waals surface area contributed by atoms with Crippen LogP contribution >= 0.6 is 0 Å². The monoisotopic (exact) mass is 439 g/mol. The number of rotatable bonds is 7. The molecule has 1 amide bonds. The average molecular weight is 439 g/mol. The van der Waals surface area contributed by atoms with Crippen LogP contribution in [0.2, 0.25) is 0 Å². The number of hydrogen-bond acceptors (Lipinski definition) is 3. The number of nitrogens with one attached hydrogen (secondary N) is 1. The second kappa shape index (κ2) is 7.67. The molecular weight excluding hydrogens is 414 g/mol. The number of nitrogens with zero attached hydrogens (tertiary/aromatic N) is 2. The van der Waals surface area contributed by atoms with Crippen molar-refractivity contribution in [1.29, 1.82) is 0 Å². The number of furan rings is 1. The minimum Gasteiger partial charge on any atom is -0.454 e. The Hall–Kier alpha value is -2.32. The van der Waals surface area contributed by atoms with E-state index in [1.165, 1.54) is 50.7 Å². The molecule has 2 aromatic heterocycles. The van der Waals surface area contributed by atoms with Crippen LogP contribution < -0.4 is 5.32 Å². The summed E-state index contributed by atoms with van der Waals surface area (Å²) in [6, 6.07) is 3.65. The van der Waals surface area contributed by atoms with Crippen molar-refractivity contribution in [2.75, 3.05) is 6.54 Å². The molecule has 0 aromatic carbocycles. The van der Waals surface area contributed by atoms with Crippen LogP contribution in [0.25, 0.3) is 0 Å². The zero-order valence-electron chi connectivity index (χ0n) is 17.0. The lowest BCUT2D eigenvalue weighted by atomic mass is 9.49. The Morgan fingerprint density at radius 1 is 1.10 bits per heavy atom. The third-order valence-electron chi connectivity index (χ3n) is 7.26. The average Bonchev–Trinajstić information content (AvgIpc) is 3.33. The number of carbonyl (C=O) groups excluding carboxylic acids is 1. The van der Waals surface area contributed by atoms with Gasteiger partial charge in [-0.1, -0.05) is 0 Å². The third-order valence-corrected chi connectivity index (χ3v) is 7.26. The smallest absolute Gasteiger partial charge is 0.287 e. The van der Waals surface area contributed by atoms with Crippen molar-refractivity contribution in [1.82, 2.24) is 15.1 Å². The highest BCUT2D eigenvalue weighted by Crippen LogP contribution is 2.59. The van der Waals surface area contributed by atoms with Crippen LogP contribution in [0, 0.1) is 23.2 Å². The van der Waals surface area contributed by atoms with Gasteiger partial charge in [0.1, 0.15) is 17.1 Å². The molecule has 6 rings (SSSR count). The summed E-state index contributed by atoms with van der Waals surface area (Å²) in [7, 11) is 0. The summed E-state index contributed by atoms with van der Waals surface area (Å²) in [6.07, 6.45) is 1.61. The Labute approximate surface area is 177 Å². The van der Waals surface area contributed by atoms with Gasteiger partial charge in [-0.3, -0.25) is 9.48 Å². The highest BCUT2D eigenvalue weighted by molar-refractivity contribution is 5.91. The Balaban J connectivity index is 1.23. The molecule has 2 aromatic rings. The molecule has 1 N–H and O–H groups in total. The highest BCUT2D eigenvalue weighted by atomic mass is 19.3. The van der Waals surface area contributed by atoms with Gasteiger partial charge in [0, 0.05) is 6.54 Å². The van der Waals surface area contributed by atoms with Crippen molar-refractivity contribution < 1.29 is 26.8 Å². The van der Waals surface area contributed by atoms with E-state index in [0.29, 0.717) is 12.6 Å². The standard InChI is InChI=1S/C22H25F4N3O2/c23-19(24)16-6-17(20(25)26)29(28-16)10-15-1-2-18(31-15)21(30)27-11-22-7-12-3-13(8-22)5-14(4-12)9-22/h1-2,6,12-14,19-20H,3-5,7-11H2,(H,27,30). The quantitative estimate of drug-likeness (QED) is 0.592. The normalized spacial score (nSPS) is 29.3. The Morgan fingerprint density at radius 3 is 2.32 bits per heavy atom. The van der Waals surface area contributed by atoms with E-state index in [2.05, 4.69) is 10.4 Å². The molecule has 9 heteroatoms. The van der Waals surface area contributed by atoms with Gasteiger partial charge in [-0.25, -0.2) is 17.6 Å². The summed E-state index contributed by atoms with van der Waals surface area (Å²) >= 11 is 0. The molecular formula is C22H25F4N3O2. The van der Waals surface area contributed by atoms with Crippen LogP contribution in [-0.2, 0) is 6.54 Å². The molecule has 4 bridgehead atoms. The van der Waals surface area contributed by atoms with Crippen molar-refractivity contribution in [3.8, 4) is 0 Å². The summed E-state index contributed by atoms with van der Waals surface area (Å²) < 4.78 is 58.3. The van der Waals surface area contributed by atoms with Crippen LogP contribution in [0.1, 0.15) is 79.1 Å². The fourth-order valence-electron chi connectivity index (χ4n) is 6.45. The van der Waals surface area contributed by atoms with Crippen molar-refractivity contribution in [2.45, 2.75) is 57.9 Å². The largest absolute Gasteiger partial charge is 0.454 e. The van der Waals surface area contributed by atoms with E-state index in [-0.39, 0.29) is 29.4 Å². The molecule has 4 saturated carbocycles. The number of alkyl halides is 4. The highest BCUT2D eigenvalue weighted by Gasteiger charge is 2.50. The third kappa shape index (κ3) is 3.99. The zero-order valence-corrected chi connectivity index (χ0v) is 17.0. The number of halogens is 4. The first-order chi connectivity index (χ1) is 14.8. The number of aromatic nitrogens is 2. The van der Waals surface area contributed by atoms with Gasteiger partial charge >= 0.3 is 0 Å². The second-order valence-corrected chi connectivity index (χ2v) is 9.62. The van der Waals surface area contributed by atoms with Crippen LogP contribution in [0.3, 0.4) is 0 Å². The fraction of sp³-hybridized carbons (Fsp3) is 0.636. The van der Waals surface area contributed by atoms with Gasteiger partial charge in [0.25, 0.3) is 18.8 Å². The van der Waals surface area contributed by atoms with Gasteiger partial charge in [-0.2, -0.15) is 5.10 Å². The number of carbonyl (C=O) groups is 1. The molecule has 0 unspecified atom stereocenters. The van der Waals surface area contributed by atoms with Crippen molar-refractivity contribution in [3.05, 3.63) is 41.1 Å². The molecule has 0 atom stereocenters. The molecule has 2 heterocycles. The topological polar surface area (TPSA) is 60.1 Å². The summed E-state index contributed by atoms with van der Waals surface area (Å²) in [5, 5.41) is 6.56. The number of amides is 1. The number of hydrogen-bond donors (Lipinski definition) is 1. The first-order valence-electron chi connectivity index (χ1n) is 10.8. The lowest BCUT2D eigenvalue weighted by molar-refractivity contribution is -0.0504. The first-order valence-corrected chi connectivity index (χ1v) is 10.8. The van der Waals surface area contributed by atoms with Crippen LogP contribution in [0.15, 0.2) is 22.6 Å². The van der Waals surface area contributed by atoms with Crippen LogP contribution in [0.5, 0.6) is 0 Å². The van der Waals surface area contributed by atoms with Gasteiger partial charge in [0.15, 0.2) is 5.76 Å². The summed E-state index contributed by atoms with van der Waals surface area (Å²) in [6.45, 7) is 0.368. The van der Waals surface area contributed by atoms with E-state index in [0.717, 1.165) is 22.4 Å². The van der Waals surface area contributed by atoms with Crippen molar-refractivity contribution in [3.63, 3.8) is 0 Å². The van der Waals surface area contributed by atoms with E-state index in [1.807, 2.05) is 0 Å². The molecule has 0 spiro atoms. The molecule has 5 nitrogen and oxygen atoms in total. The molecule has 0 saturated heterocycles. The van der Waals surface area contributed by atoms with Gasteiger partial charge in [-0.15, -0.1) is 0 Å². The van der Waals surface area contributed by atoms with E-state index >= 15 is 0 Å². The lowest BCUT2D eigenvalue weighted by Gasteiger charge is -2.56. The predicted octanol–water partition coefficient (Wildman–Crippen LogP) is 5.35. The second-order valence-electron chi connectivity index (χ2n) is 9.62. The Morgan fingerprint density at radius 2 is 1.74 bits per heavy atom. The SMILES string of the molecule is O=C(NCC12CC3CC(CC(C3)C1)C2)c1ccc(Cn2nc(C(F)F)cc2C(F)F)o1. The van der Waals surface area contributed by atoms with E-state index in [4.69, 9.17) is 4.42 Å². The maximum atomic E-state index is 13.1. The minimum atomic E-state index is -2.95. The van der Waals surface area contributed by atoms with E-state index in [9.17, 15) is 22.4 Å². The maximum Gasteiger partial charge on any atom is 0.287 e. The van der Waals surface area contributed by atoms with E-state index in [1.54, 1.807) is 0 Å². The summed E-state index contributed by atoms with van der Waals surface area (Å²) in [4.78, 5) is 12.6. The fourth-order valence-corrected chi connectivity index (χ4v) is 6.45. The van der Waals surface area contributed by atoms with Gasteiger partial charge in [0.05, 0.1) is 6.54 Å². The molecule has 4 fully saturated rings. The molecule has 31 heavy (non-hydrogen) atoms. The van der Waals surface area contributed by atoms with Gasteiger partial charge in [0.2, 0.25) is 0 Å². The zero-order chi connectivity index (χ0) is 21.8.